The van der Waals surface area contributed by atoms with Gasteiger partial charge in [0, 0.05) is 18.8 Å². The van der Waals surface area contributed by atoms with E-state index >= 15 is 0 Å². The predicted octanol–water partition coefficient (Wildman–Crippen LogP) is 0.950. The molecule has 0 aromatic heterocycles. The van der Waals surface area contributed by atoms with Crippen molar-refractivity contribution in [2.24, 2.45) is 0 Å². The fraction of sp³-hybridized carbons (Fsp3) is 1.00. The molecule has 1 heterocycles. The summed E-state index contributed by atoms with van der Waals surface area (Å²) in [6, 6.07) is 0.152. The molecule has 1 atom stereocenters. The van der Waals surface area contributed by atoms with Gasteiger partial charge >= 0.3 is 0 Å². The van der Waals surface area contributed by atoms with Gasteiger partial charge in [0.2, 0.25) is 10.0 Å². The first-order valence-corrected chi connectivity index (χ1v) is 6.97. The van der Waals surface area contributed by atoms with Gasteiger partial charge in [0.1, 0.15) is 5.21 Å². The number of rotatable bonds is 3. The van der Waals surface area contributed by atoms with Gasteiger partial charge in [-0.05, 0) is 12.2 Å². The van der Waals surface area contributed by atoms with Gasteiger partial charge in [0.25, 0.3) is 0 Å². The highest BCUT2D eigenvalue weighted by atomic mass is 35.5. The number of sulfonamides is 1. The molecular formula is C6H12ClNO2S2. The fourth-order valence-corrected chi connectivity index (χ4v) is 3.72. The van der Waals surface area contributed by atoms with Gasteiger partial charge in [0.15, 0.2) is 0 Å². The third-order valence-electron chi connectivity index (χ3n) is 2.00. The number of halogens is 1. The highest BCUT2D eigenvalue weighted by molar-refractivity contribution is 7.99. The Morgan fingerprint density at radius 3 is 2.75 bits per heavy atom. The van der Waals surface area contributed by atoms with Crippen molar-refractivity contribution in [3.05, 3.63) is 0 Å². The van der Waals surface area contributed by atoms with Crippen molar-refractivity contribution in [3.63, 3.8) is 0 Å². The lowest BCUT2D eigenvalue weighted by Gasteiger charge is -2.21. The molecule has 1 rings (SSSR count). The van der Waals surface area contributed by atoms with Crippen molar-refractivity contribution >= 4 is 33.4 Å². The van der Waals surface area contributed by atoms with Gasteiger partial charge in [-0.2, -0.15) is 11.8 Å². The van der Waals surface area contributed by atoms with Gasteiger partial charge in [0.05, 0.1) is 0 Å². The largest absolute Gasteiger partial charge is 0.228 e. The first-order chi connectivity index (χ1) is 5.58. The topological polar surface area (TPSA) is 37.4 Å². The normalized spacial score (nSPS) is 25.1. The molecule has 3 nitrogen and oxygen atoms in total. The molecule has 0 amide bonds. The van der Waals surface area contributed by atoms with E-state index in [2.05, 4.69) is 0 Å². The smallest absolute Gasteiger partial charge is 0.211 e. The van der Waals surface area contributed by atoms with Crippen LogP contribution in [0.4, 0.5) is 0 Å². The van der Waals surface area contributed by atoms with Crippen LogP contribution in [0.15, 0.2) is 0 Å². The average molecular weight is 230 g/mol. The number of alkyl halides is 1. The Bertz CT molecular complexity index is 236. The van der Waals surface area contributed by atoms with Gasteiger partial charge in [-0.3, -0.25) is 0 Å². The standard InChI is InChI=1S/C6H12ClNO2S2/c1-8(12(9,10)5-7)6-2-3-11-4-6/h6H,2-5H2,1H3. The van der Waals surface area contributed by atoms with Crippen molar-refractivity contribution < 1.29 is 8.42 Å². The van der Waals surface area contributed by atoms with Gasteiger partial charge in [-0.25, -0.2) is 12.7 Å². The zero-order chi connectivity index (χ0) is 9.19. The zero-order valence-corrected chi connectivity index (χ0v) is 9.25. The summed E-state index contributed by atoms with van der Waals surface area (Å²) < 4.78 is 23.9. The van der Waals surface area contributed by atoms with Gasteiger partial charge in [-0.1, -0.05) is 0 Å². The second-order valence-corrected chi connectivity index (χ2v) is 6.52. The van der Waals surface area contributed by atoms with Crippen LogP contribution in [0.3, 0.4) is 0 Å². The van der Waals surface area contributed by atoms with Crippen LogP contribution in [0.1, 0.15) is 6.42 Å². The minimum Gasteiger partial charge on any atom is -0.211 e. The first-order valence-electron chi connectivity index (χ1n) is 3.67. The second-order valence-electron chi connectivity index (χ2n) is 2.75. The molecule has 0 spiro atoms. The summed E-state index contributed by atoms with van der Waals surface area (Å²) in [4.78, 5) is 0. The molecule has 12 heavy (non-hydrogen) atoms. The van der Waals surface area contributed by atoms with E-state index in [0.29, 0.717) is 0 Å². The van der Waals surface area contributed by atoms with Crippen LogP contribution in [0, 0.1) is 0 Å². The lowest BCUT2D eigenvalue weighted by atomic mass is 10.3. The van der Waals surface area contributed by atoms with Crippen LogP contribution in [-0.2, 0) is 10.0 Å². The number of hydrogen-bond acceptors (Lipinski definition) is 3. The summed E-state index contributed by atoms with van der Waals surface area (Å²) >= 11 is 7.12. The predicted molar refractivity (Wildman–Crippen MR) is 53.1 cm³/mol. The third kappa shape index (κ3) is 2.28. The van der Waals surface area contributed by atoms with Crippen molar-refractivity contribution in [2.75, 3.05) is 23.8 Å². The summed E-state index contributed by atoms with van der Waals surface area (Å²) in [6.07, 6.45) is 0.942. The number of thioether (sulfide) groups is 1. The molecule has 1 unspecified atom stereocenters. The summed E-state index contributed by atoms with van der Waals surface area (Å²) in [7, 11) is -1.59. The monoisotopic (exact) mass is 229 g/mol. The Kier molecular flexibility index (Phi) is 3.70. The highest BCUT2D eigenvalue weighted by Gasteiger charge is 2.27. The van der Waals surface area contributed by atoms with E-state index in [4.69, 9.17) is 11.6 Å². The van der Waals surface area contributed by atoms with Crippen molar-refractivity contribution in [3.8, 4) is 0 Å². The lowest BCUT2D eigenvalue weighted by Crippen LogP contribution is -2.37. The number of nitrogens with zero attached hydrogens (tertiary/aromatic N) is 1. The van der Waals surface area contributed by atoms with Crippen LogP contribution < -0.4 is 0 Å². The first kappa shape index (κ1) is 10.6. The van der Waals surface area contributed by atoms with Gasteiger partial charge < -0.3 is 0 Å². The number of hydrogen-bond donors (Lipinski definition) is 0. The zero-order valence-electron chi connectivity index (χ0n) is 6.86. The molecule has 0 aromatic carbocycles. The van der Waals surface area contributed by atoms with Crippen molar-refractivity contribution in [1.82, 2.24) is 4.31 Å². The molecule has 1 saturated heterocycles. The van der Waals surface area contributed by atoms with Gasteiger partial charge in [-0.15, -0.1) is 11.6 Å². The summed E-state index contributed by atoms with van der Waals surface area (Å²) in [5.74, 6) is 1.94. The molecule has 1 aliphatic heterocycles. The van der Waals surface area contributed by atoms with Crippen LogP contribution in [0.25, 0.3) is 0 Å². The van der Waals surface area contributed by atoms with Crippen LogP contribution in [0.5, 0.6) is 0 Å². The average Bonchev–Trinajstić information content (AvgIpc) is 2.55. The van der Waals surface area contributed by atoms with Crippen LogP contribution >= 0.6 is 23.4 Å². The maximum atomic E-state index is 11.3. The molecule has 0 N–H and O–H groups in total. The maximum Gasteiger partial charge on any atom is 0.228 e. The van der Waals surface area contributed by atoms with E-state index in [1.54, 1.807) is 18.8 Å². The van der Waals surface area contributed by atoms with E-state index in [-0.39, 0.29) is 11.3 Å². The molecule has 0 saturated carbocycles. The minimum atomic E-state index is -3.20. The fourth-order valence-electron chi connectivity index (χ4n) is 1.11. The van der Waals surface area contributed by atoms with Crippen LogP contribution in [0.2, 0.25) is 0 Å². The van der Waals surface area contributed by atoms with Crippen molar-refractivity contribution in [1.29, 1.82) is 0 Å². The third-order valence-corrected chi connectivity index (χ3v) is 5.42. The molecular weight excluding hydrogens is 218 g/mol. The molecule has 0 radical (unpaired) electrons. The summed E-state index contributed by atoms with van der Waals surface area (Å²) in [5, 5.41) is -0.315. The molecule has 0 aromatic rings. The van der Waals surface area contributed by atoms with E-state index in [1.165, 1.54) is 4.31 Å². The molecule has 1 fully saturated rings. The molecule has 6 heteroatoms. The second kappa shape index (κ2) is 4.17. The van der Waals surface area contributed by atoms with E-state index in [1.807, 2.05) is 0 Å². The molecule has 0 bridgehead atoms. The quantitative estimate of drug-likeness (QED) is 0.677. The Morgan fingerprint density at radius 1 is 1.67 bits per heavy atom. The van der Waals surface area contributed by atoms with E-state index < -0.39 is 10.0 Å². The molecule has 72 valence electrons. The molecule has 0 aliphatic carbocycles. The molecule has 1 aliphatic rings. The van der Waals surface area contributed by atoms with E-state index in [9.17, 15) is 8.42 Å². The van der Waals surface area contributed by atoms with Crippen LogP contribution in [-0.4, -0.2) is 42.5 Å². The highest BCUT2D eigenvalue weighted by Crippen LogP contribution is 2.23. The lowest BCUT2D eigenvalue weighted by molar-refractivity contribution is 0.397. The summed E-state index contributed by atoms with van der Waals surface area (Å²) in [6.45, 7) is 0. The Balaban J connectivity index is 2.63. The summed E-state index contributed by atoms with van der Waals surface area (Å²) in [5.41, 5.74) is 0. The van der Waals surface area contributed by atoms with Crippen molar-refractivity contribution in [2.45, 2.75) is 12.5 Å². The minimum absolute atomic E-state index is 0.152. The van der Waals surface area contributed by atoms with E-state index in [0.717, 1.165) is 17.9 Å². The maximum absolute atomic E-state index is 11.3. The Hall–Kier alpha value is 0.550. The Labute approximate surface area is 82.5 Å². The SMILES string of the molecule is CN(C1CCSC1)S(=O)(=O)CCl. The Morgan fingerprint density at radius 2 is 2.33 bits per heavy atom.